The van der Waals surface area contributed by atoms with E-state index in [1.807, 2.05) is 42.6 Å². The van der Waals surface area contributed by atoms with E-state index in [1.54, 1.807) is 12.3 Å². The summed E-state index contributed by atoms with van der Waals surface area (Å²) in [5.41, 5.74) is 6.27. The average Bonchev–Trinajstić information content (AvgIpc) is 3.04. The molecule has 0 aliphatic heterocycles. The van der Waals surface area contributed by atoms with Gasteiger partial charge in [0.15, 0.2) is 0 Å². The Bertz CT molecular complexity index is 813. The Hall–Kier alpha value is -2.94. The highest BCUT2D eigenvalue weighted by molar-refractivity contribution is 5.87. The number of benzene rings is 1. The Balaban J connectivity index is 2.17. The van der Waals surface area contributed by atoms with E-state index < -0.39 is 0 Å². The molecule has 22 heavy (non-hydrogen) atoms. The molecule has 2 aromatic heterocycles. The summed E-state index contributed by atoms with van der Waals surface area (Å²) in [6, 6.07) is 14.1. The van der Waals surface area contributed by atoms with Crippen molar-refractivity contribution < 1.29 is 0 Å². The zero-order valence-corrected chi connectivity index (χ0v) is 12.5. The molecule has 0 fully saturated rings. The van der Waals surface area contributed by atoms with Crippen LogP contribution in [0.4, 0.5) is 0 Å². The fourth-order valence-electron chi connectivity index (χ4n) is 2.51. The molecule has 0 unspecified atom stereocenters. The van der Waals surface area contributed by atoms with Crippen LogP contribution in [0.1, 0.15) is 16.7 Å². The van der Waals surface area contributed by atoms with Crippen molar-refractivity contribution in [3.05, 3.63) is 90.3 Å². The third kappa shape index (κ3) is 2.61. The van der Waals surface area contributed by atoms with Crippen molar-refractivity contribution in [1.82, 2.24) is 15.2 Å². The second-order valence-electron chi connectivity index (χ2n) is 5.00. The van der Waals surface area contributed by atoms with Crippen molar-refractivity contribution >= 4 is 5.57 Å². The molecule has 0 aliphatic rings. The number of hydrogen-bond donors (Lipinski definition) is 1. The quantitative estimate of drug-likeness (QED) is 0.723. The number of H-pyrrole nitrogens is 1. The van der Waals surface area contributed by atoms with Crippen LogP contribution in [0, 0.1) is 6.92 Å². The van der Waals surface area contributed by atoms with E-state index >= 15 is 0 Å². The van der Waals surface area contributed by atoms with Gasteiger partial charge in [-0.2, -0.15) is 5.10 Å². The molecule has 1 aromatic carbocycles. The smallest absolute Gasteiger partial charge is 0.0913 e. The second-order valence-corrected chi connectivity index (χ2v) is 5.00. The first-order valence-corrected chi connectivity index (χ1v) is 7.15. The van der Waals surface area contributed by atoms with E-state index in [0.717, 1.165) is 22.5 Å². The number of pyridine rings is 1. The van der Waals surface area contributed by atoms with Gasteiger partial charge in [-0.1, -0.05) is 49.1 Å². The molecule has 3 aromatic rings. The number of allylic oxidation sites excluding steroid dienone is 2. The van der Waals surface area contributed by atoms with E-state index in [4.69, 9.17) is 0 Å². The minimum Gasteiger partial charge on any atom is -0.276 e. The van der Waals surface area contributed by atoms with Crippen LogP contribution in [0.25, 0.3) is 17.0 Å². The van der Waals surface area contributed by atoms with Gasteiger partial charge in [-0.05, 0) is 35.8 Å². The van der Waals surface area contributed by atoms with Crippen molar-refractivity contribution in [2.24, 2.45) is 0 Å². The Morgan fingerprint density at radius 2 is 1.91 bits per heavy atom. The Morgan fingerprint density at radius 3 is 2.64 bits per heavy atom. The van der Waals surface area contributed by atoms with Gasteiger partial charge in [-0.3, -0.25) is 10.1 Å². The van der Waals surface area contributed by atoms with Crippen LogP contribution >= 0.6 is 0 Å². The van der Waals surface area contributed by atoms with Crippen LogP contribution in [-0.4, -0.2) is 15.2 Å². The van der Waals surface area contributed by atoms with Crippen molar-refractivity contribution in [3.8, 4) is 11.4 Å². The van der Waals surface area contributed by atoms with E-state index in [9.17, 15) is 0 Å². The van der Waals surface area contributed by atoms with Crippen LogP contribution in [-0.2, 0) is 0 Å². The molecule has 0 bridgehead atoms. The fourth-order valence-corrected chi connectivity index (χ4v) is 2.51. The molecule has 2 heterocycles. The molecule has 0 aliphatic carbocycles. The minimum atomic E-state index is 0.874. The Labute approximate surface area is 130 Å². The van der Waals surface area contributed by atoms with Crippen molar-refractivity contribution in [2.45, 2.75) is 6.92 Å². The lowest BCUT2D eigenvalue weighted by Crippen LogP contribution is -1.93. The lowest BCUT2D eigenvalue weighted by Gasteiger charge is -2.11. The summed E-state index contributed by atoms with van der Waals surface area (Å²) in [5, 5.41) is 7.28. The van der Waals surface area contributed by atoms with Gasteiger partial charge in [0.1, 0.15) is 0 Å². The van der Waals surface area contributed by atoms with Gasteiger partial charge in [0.25, 0.3) is 0 Å². The molecule has 0 atom stereocenters. The second kappa shape index (κ2) is 6.22. The lowest BCUT2D eigenvalue weighted by atomic mass is 9.93. The number of aromatic nitrogens is 3. The zero-order chi connectivity index (χ0) is 15.4. The standard InChI is InChI=1S/C19H17N3/c1-3-8-16(15-10-5-4-9-14(15)2)17-13-21-22-19(17)18-11-6-7-12-20-18/h3-13H,1H2,2H3,(H,21,22)/b16-8+. The van der Waals surface area contributed by atoms with Crippen LogP contribution in [0.3, 0.4) is 0 Å². The van der Waals surface area contributed by atoms with Crippen molar-refractivity contribution in [3.63, 3.8) is 0 Å². The normalized spacial score (nSPS) is 11.4. The van der Waals surface area contributed by atoms with Crippen molar-refractivity contribution in [1.29, 1.82) is 0 Å². The van der Waals surface area contributed by atoms with E-state index in [-0.39, 0.29) is 0 Å². The van der Waals surface area contributed by atoms with Gasteiger partial charge in [-0.25, -0.2) is 0 Å². The molecule has 0 spiro atoms. The summed E-state index contributed by atoms with van der Waals surface area (Å²) in [6.07, 6.45) is 7.44. The third-order valence-corrected chi connectivity index (χ3v) is 3.57. The molecular weight excluding hydrogens is 270 g/mol. The summed E-state index contributed by atoms with van der Waals surface area (Å²) in [5.74, 6) is 0. The fraction of sp³-hybridized carbons (Fsp3) is 0.0526. The summed E-state index contributed by atoms with van der Waals surface area (Å²) < 4.78 is 0. The first kappa shape index (κ1) is 14.0. The molecule has 1 N–H and O–H groups in total. The van der Waals surface area contributed by atoms with E-state index in [0.29, 0.717) is 0 Å². The van der Waals surface area contributed by atoms with Gasteiger partial charge < -0.3 is 0 Å². The number of nitrogens with one attached hydrogen (secondary N) is 1. The number of nitrogens with zero attached hydrogens (tertiary/aromatic N) is 2. The predicted octanol–water partition coefficient (Wildman–Crippen LogP) is 4.40. The lowest BCUT2D eigenvalue weighted by molar-refractivity contribution is 1.09. The highest BCUT2D eigenvalue weighted by Gasteiger charge is 2.15. The maximum absolute atomic E-state index is 4.42. The van der Waals surface area contributed by atoms with E-state index in [2.05, 4.69) is 40.8 Å². The van der Waals surface area contributed by atoms with Gasteiger partial charge in [-0.15, -0.1) is 0 Å². The minimum absolute atomic E-state index is 0.874. The number of hydrogen-bond acceptors (Lipinski definition) is 2. The zero-order valence-electron chi connectivity index (χ0n) is 12.5. The highest BCUT2D eigenvalue weighted by Crippen LogP contribution is 2.31. The summed E-state index contributed by atoms with van der Waals surface area (Å²) in [4.78, 5) is 4.42. The first-order chi connectivity index (χ1) is 10.8. The average molecular weight is 287 g/mol. The summed E-state index contributed by atoms with van der Waals surface area (Å²) in [6.45, 7) is 5.95. The monoisotopic (exact) mass is 287 g/mol. The van der Waals surface area contributed by atoms with Crippen molar-refractivity contribution in [2.75, 3.05) is 0 Å². The third-order valence-electron chi connectivity index (χ3n) is 3.57. The molecule has 3 rings (SSSR count). The van der Waals surface area contributed by atoms with Gasteiger partial charge in [0, 0.05) is 11.8 Å². The van der Waals surface area contributed by atoms with Crippen LogP contribution in [0.5, 0.6) is 0 Å². The molecule has 0 amide bonds. The summed E-state index contributed by atoms with van der Waals surface area (Å²) in [7, 11) is 0. The molecule has 0 saturated carbocycles. The maximum atomic E-state index is 4.42. The molecule has 3 heteroatoms. The number of aryl methyl sites for hydroxylation is 1. The number of rotatable bonds is 4. The largest absolute Gasteiger partial charge is 0.276 e. The molecule has 0 saturated heterocycles. The highest BCUT2D eigenvalue weighted by atomic mass is 15.1. The van der Waals surface area contributed by atoms with Gasteiger partial charge >= 0.3 is 0 Å². The van der Waals surface area contributed by atoms with Gasteiger partial charge in [0.05, 0.1) is 17.6 Å². The number of aromatic amines is 1. The molecule has 108 valence electrons. The van der Waals surface area contributed by atoms with E-state index in [1.165, 1.54) is 11.1 Å². The first-order valence-electron chi connectivity index (χ1n) is 7.15. The van der Waals surface area contributed by atoms with Crippen LogP contribution in [0.15, 0.2) is 73.6 Å². The van der Waals surface area contributed by atoms with Crippen LogP contribution in [0.2, 0.25) is 0 Å². The van der Waals surface area contributed by atoms with Gasteiger partial charge in [0.2, 0.25) is 0 Å². The topological polar surface area (TPSA) is 41.6 Å². The molecule has 0 radical (unpaired) electrons. The van der Waals surface area contributed by atoms with Crippen LogP contribution < -0.4 is 0 Å². The summed E-state index contributed by atoms with van der Waals surface area (Å²) >= 11 is 0. The Kier molecular flexibility index (Phi) is 3.97. The predicted molar refractivity (Wildman–Crippen MR) is 90.3 cm³/mol. The molecular formula is C19H17N3. The SMILES string of the molecule is C=C/C=C(\c1ccccc1C)c1cn[nH]c1-c1ccccn1. The Morgan fingerprint density at radius 1 is 1.09 bits per heavy atom. The molecule has 3 nitrogen and oxygen atoms in total. The maximum Gasteiger partial charge on any atom is 0.0913 e.